The quantitative estimate of drug-likeness (QED) is 0.676. The maximum Gasteiger partial charge on any atom is 0.197 e. The first-order valence-electron chi connectivity index (χ1n) is 11.3. The predicted molar refractivity (Wildman–Crippen MR) is 123 cm³/mol. The molecule has 31 heavy (non-hydrogen) atoms. The number of hydrogen-bond acceptors (Lipinski definition) is 5. The fourth-order valence-corrected chi connectivity index (χ4v) is 4.84. The highest BCUT2D eigenvalue weighted by atomic mass is 16.6. The number of hydrogen-bond donors (Lipinski definition) is 0. The van der Waals surface area contributed by atoms with Crippen molar-refractivity contribution >= 4 is 5.69 Å². The standard InChI is InChI=1S/C25H34N2O4/c1-17-6-5-10-26(14-17)20-7-8-22-19(12-20)9-11-27-24(13-23(28)18(2)25(22)27)31-16-21(30-4)15-29-3/h7-8,12-13,17,21H,5-6,9-11,14-16H2,1-4H3/t17?,21-/m0/s1. The number of piperidine rings is 1. The van der Waals surface area contributed by atoms with Crippen molar-refractivity contribution < 1.29 is 14.2 Å². The Labute approximate surface area is 184 Å². The van der Waals surface area contributed by atoms with Crippen LogP contribution in [0.2, 0.25) is 0 Å². The topological polar surface area (TPSA) is 52.9 Å². The van der Waals surface area contributed by atoms with Gasteiger partial charge in [-0.25, -0.2) is 0 Å². The van der Waals surface area contributed by atoms with E-state index in [1.165, 1.54) is 24.1 Å². The minimum absolute atomic E-state index is 0.00346. The summed E-state index contributed by atoms with van der Waals surface area (Å²) in [5.74, 6) is 1.34. The maximum atomic E-state index is 12.8. The number of methoxy groups -OCH3 is 2. The molecule has 1 saturated heterocycles. The fraction of sp³-hybridized carbons (Fsp3) is 0.560. The Bertz CT molecular complexity index is 984. The number of anilines is 1. The Hall–Kier alpha value is -2.31. The molecule has 0 N–H and O–H groups in total. The molecule has 0 spiro atoms. The number of fused-ring (bicyclic) bond motifs is 3. The molecule has 0 bridgehead atoms. The van der Waals surface area contributed by atoms with Gasteiger partial charge in [0.05, 0.1) is 12.3 Å². The van der Waals surface area contributed by atoms with E-state index in [4.69, 9.17) is 14.2 Å². The second kappa shape index (κ2) is 9.45. The molecule has 1 aromatic carbocycles. The first kappa shape index (κ1) is 21.9. The van der Waals surface area contributed by atoms with Crippen molar-refractivity contribution in [2.45, 2.75) is 45.8 Å². The molecule has 6 nitrogen and oxygen atoms in total. The highest BCUT2D eigenvalue weighted by Gasteiger charge is 2.24. The van der Waals surface area contributed by atoms with Crippen LogP contribution in [-0.4, -0.2) is 51.2 Å². The van der Waals surface area contributed by atoms with Crippen molar-refractivity contribution in [2.75, 3.05) is 45.4 Å². The predicted octanol–water partition coefficient (Wildman–Crippen LogP) is 3.66. The second-order valence-corrected chi connectivity index (χ2v) is 8.88. The normalized spacial score (nSPS) is 19.0. The number of ether oxygens (including phenoxy) is 3. The lowest BCUT2D eigenvalue weighted by Gasteiger charge is -2.34. The molecule has 3 heterocycles. The van der Waals surface area contributed by atoms with Gasteiger partial charge in [-0.3, -0.25) is 4.79 Å². The van der Waals surface area contributed by atoms with Crippen molar-refractivity contribution in [1.29, 1.82) is 0 Å². The zero-order chi connectivity index (χ0) is 22.0. The summed E-state index contributed by atoms with van der Waals surface area (Å²) < 4.78 is 18.8. The van der Waals surface area contributed by atoms with Gasteiger partial charge in [0.25, 0.3) is 0 Å². The SMILES string of the molecule is COC[C@@H](COc1cc(=O)c(C)c2n1CCc1cc(N3CCCC(C)C3)ccc1-2)OC. The third-order valence-electron chi connectivity index (χ3n) is 6.59. The van der Waals surface area contributed by atoms with E-state index in [0.29, 0.717) is 19.1 Å². The highest BCUT2D eigenvalue weighted by Crippen LogP contribution is 2.36. The molecule has 0 saturated carbocycles. The van der Waals surface area contributed by atoms with Gasteiger partial charge in [-0.15, -0.1) is 0 Å². The third kappa shape index (κ3) is 4.51. The van der Waals surface area contributed by atoms with E-state index in [2.05, 4.69) is 34.6 Å². The molecule has 2 atom stereocenters. The summed E-state index contributed by atoms with van der Waals surface area (Å²) >= 11 is 0. The van der Waals surface area contributed by atoms with Crippen molar-refractivity contribution in [2.24, 2.45) is 5.92 Å². The third-order valence-corrected chi connectivity index (χ3v) is 6.59. The van der Waals surface area contributed by atoms with E-state index in [-0.39, 0.29) is 11.5 Å². The number of rotatable bonds is 7. The number of benzene rings is 1. The summed E-state index contributed by atoms with van der Waals surface area (Å²) in [7, 11) is 3.28. The van der Waals surface area contributed by atoms with Crippen LogP contribution in [-0.2, 0) is 22.4 Å². The van der Waals surface area contributed by atoms with Crippen LogP contribution in [0.4, 0.5) is 5.69 Å². The van der Waals surface area contributed by atoms with Crippen molar-refractivity contribution in [3.63, 3.8) is 0 Å². The van der Waals surface area contributed by atoms with Gasteiger partial charge in [-0.05, 0) is 49.8 Å². The van der Waals surface area contributed by atoms with Gasteiger partial charge in [-0.1, -0.05) is 13.0 Å². The Morgan fingerprint density at radius 3 is 2.74 bits per heavy atom. The van der Waals surface area contributed by atoms with Gasteiger partial charge in [0, 0.05) is 56.7 Å². The van der Waals surface area contributed by atoms with Crippen molar-refractivity contribution in [3.8, 4) is 17.1 Å². The lowest BCUT2D eigenvalue weighted by molar-refractivity contribution is -0.000948. The van der Waals surface area contributed by atoms with Gasteiger partial charge in [-0.2, -0.15) is 0 Å². The summed E-state index contributed by atoms with van der Waals surface area (Å²) in [6.45, 7) is 8.06. The Kier molecular flexibility index (Phi) is 6.68. The molecule has 1 aromatic heterocycles. The fourth-order valence-electron chi connectivity index (χ4n) is 4.84. The lowest BCUT2D eigenvalue weighted by atomic mass is 9.93. The lowest BCUT2D eigenvalue weighted by Crippen LogP contribution is -2.34. The van der Waals surface area contributed by atoms with Crippen LogP contribution < -0.4 is 15.1 Å². The van der Waals surface area contributed by atoms with Crippen LogP contribution in [0.3, 0.4) is 0 Å². The van der Waals surface area contributed by atoms with Gasteiger partial charge >= 0.3 is 0 Å². The molecule has 0 radical (unpaired) electrons. The Morgan fingerprint density at radius 2 is 2.00 bits per heavy atom. The van der Waals surface area contributed by atoms with Gasteiger partial charge in [0.2, 0.25) is 0 Å². The van der Waals surface area contributed by atoms with Crippen LogP contribution in [0.5, 0.6) is 5.88 Å². The van der Waals surface area contributed by atoms with E-state index in [0.717, 1.165) is 48.8 Å². The zero-order valence-electron chi connectivity index (χ0n) is 19.1. The minimum Gasteiger partial charge on any atom is -0.476 e. The van der Waals surface area contributed by atoms with E-state index in [1.54, 1.807) is 20.3 Å². The molecule has 168 valence electrons. The van der Waals surface area contributed by atoms with Crippen LogP contribution >= 0.6 is 0 Å². The molecular weight excluding hydrogens is 392 g/mol. The number of aromatic nitrogens is 1. The Morgan fingerprint density at radius 1 is 1.16 bits per heavy atom. The molecule has 4 rings (SSSR count). The smallest absolute Gasteiger partial charge is 0.197 e. The van der Waals surface area contributed by atoms with Gasteiger partial charge < -0.3 is 23.7 Å². The first-order valence-corrected chi connectivity index (χ1v) is 11.3. The van der Waals surface area contributed by atoms with E-state index in [1.807, 2.05) is 6.92 Å². The summed E-state index contributed by atoms with van der Waals surface area (Å²) in [5.41, 5.74) is 5.50. The van der Waals surface area contributed by atoms with E-state index in [9.17, 15) is 4.79 Å². The maximum absolute atomic E-state index is 12.8. The Balaban J connectivity index is 1.66. The second-order valence-electron chi connectivity index (χ2n) is 8.88. The van der Waals surface area contributed by atoms with E-state index >= 15 is 0 Å². The van der Waals surface area contributed by atoms with Crippen LogP contribution in [0.1, 0.15) is 30.9 Å². The first-order chi connectivity index (χ1) is 15.0. The average molecular weight is 427 g/mol. The highest BCUT2D eigenvalue weighted by molar-refractivity contribution is 5.72. The van der Waals surface area contributed by atoms with Gasteiger partial charge in [0.1, 0.15) is 12.7 Å². The summed E-state index contributed by atoms with van der Waals surface area (Å²) in [6, 6.07) is 8.33. The summed E-state index contributed by atoms with van der Waals surface area (Å²) in [5, 5.41) is 0. The summed E-state index contributed by atoms with van der Waals surface area (Å²) in [6.07, 6.45) is 3.31. The number of pyridine rings is 1. The van der Waals surface area contributed by atoms with Crippen LogP contribution in [0, 0.1) is 12.8 Å². The zero-order valence-corrected chi connectivity index (χ0v) is 19.1. The largest absolute Gasteiger partial charge is 0.476 e. The molecule has 6 heteroatoms. The molecule has 0 aliphatic carbocycles. The molecular formula is C25H34N2O4. The molecule has 2 aliphatic rings. The van der Waals surface area contributed by atoms with Crippen LogP contribution in [0.15, 0.2) is 29.1 Å². The molecule has 2 aliphatic heterocycles. The summed E-state index contributed by atoms with van der Waals surface area (Å²) in [4.78, 5) is 15.3. The molecule has 2 aromatic rings. The molecule has 1 fully saturated rings. The van der Waals surface area contributed by atoms with Crippen molar-refractivity contribution in [3.05, 3.63) is 45.6 Å². The number of aryl methyl sites for hydroxylation is 1. The molecule has 1 unspecified atom stereocenters. The number of nitrogens with zero attached hydrogens (tertiary/aromatic N) is 2. The van der Waals surface area contributed by atoms with Crippen LogP contribution in [0.25, 0.3) is 11.3 Å². The van der Waals surface area contributed by atoms with Crippen molar-refractivity contribution in [1.82, 2.24) is 4.57 Å². The monoisotopic (exact) mass is 426 g/mol. The minimum atomic E-state index is -0.178. The average Bonchev–Trinajstić information content (AvgIpc) is 2.78. The molecule has 0 amide bonds. The van der Waals surface area contributed by atoms with Gasteiger partial charge in [0.15, 0.2) is 11.3 Å². The van der Waals surface area contributed by atoms with E-state index < -0.39 is 0 Å².